The first-order valence-electron chi connectivity index (χ1n) is 11.0. The van der Waals surface area contributed by atoms with Crippen molar-refractivity contribution in [1.29, 1.82) is 0 Å². The number of aliphatic imine (C=N–C) groups is 1. The van der Waals surface area contributed by atoms with Gasteiger partial charge in [0, 0.05) is 17.0 Å². The lowest BCUT2D eigenvalue weighted by Crippen LogP contribution is -2.47. The highest BCUT2D eigenvalue weighted by atomic mass is 19.1. The summed E-state index contributed by atoms with van der Waals surface area (Å²) < 4.78 is 21.3. The predicted octanol–water partition coefficient (Wildman–Crippen LogP) is 5.01. The van der Waals surface area contributed by atoms with Crippen LogP contribution in [0.3, 0.4) is 0 Å². The standard InChI is InChI=1S/C26H29FN4O2/c1-15-8-7-9-18(14-15)24(32)28-22-21(17-10-12-19(27)13-11-17)20-16(2)30-31(26(3,4)5)23(20)29-25(22)33-6/h7-14,21-22H,1-6H3,(H,28,32)/t21-,22-/m1/s1. The van der Waals surface area contributed by atoms with E-state index < -0.39 is 6.04 Å². The average molecular weight is 449 g/mol. The van der Waals surface area contributed by atoms with Crippen molar-refractivity contribution in [2.45, 2.75) is 52.1 Å². The maximum absolute atomic E-state index is 13.8. The minimum absolute atomic E-state index is 0.232. The number of nitrogens with one attached hydrogen (secondary N) is 1. The summed E-state index contributed by atoms with van der Waals surface area (Å²) in [5.41, 5.74) is 3.77. The number of hydrogen-bond acceptors (Lipinski definition) is 4. The summed E-state index contributed by atoms with van der Waals surface area (Å²) in [6.07, 6.45) is 0. The number of amides is 1. The molecule has 0 spiro atoms. The summed E-state index contributed by atoms with van der Waals surface area (Å²) >= 11 is 0. The van der Waals surface area contributed by atoms with E-state index in [0.29, 0.717) is 17.3 Å². The molecule has 0 unspecified atom stereocenters. The number of aryl methyl sites for hydroxylation is 2. The Kier molecular flexibility index (Phi) is 5.82. The van der Waals surface area contributed by atoms with Crippen molar-refractivity contribution in [2.75, 3.05) is 7.11 Å². The molecule has 2 aromatic carbocycles. The Labute approximate surface area is 193 Å². The number of hydrogen-bond donors (Lipinski definition) is 1. The third-order valence-electron chi connectivity index (χ3n) is 5.85. The molecule has 2 atom stereocenters. The summed E-state index contributed by atoms with van der Waals surface area (Å²) in [5.74, 6) is 0.163. The molecule has 0 radical (unpaired) electrons. The fourth-order valence-electron chi connectivity index (χ4n) is 4.31. The predicted molar refractivity (Wildman–Crippen MR) is 127 cm³/mol. The summed E-state index contributed by atoms with van der Waals surface area (Å²) in [4.78, 5) is 18.0. The first kappa shape index (κ1) is 22.7. The normalized spacial score (nSPS) is 17.8. The Morgan fingerprint density at radius 2 is 1.82 bits per heavy atom. The van der Waals surface area contributed by atoms with Gasteiger partial charge in [0.1, 0.15) is 11.9 Å². The summed E-state index contributed by atoms with van der Waals surface area (Å²) in [6, 6.07) is 13.1. The maximum atomic E-state index is 13.8. The summed E-state index contributed by atoms with van der Waals surface area (Å²) in [5, 5.41) is 7.89. The second kappa shape index (κ2) is 8.46. The van der Waals surface area contributed by atoms with Crippen molar-refractivity contribution in [3.05, 3.63) is 82.3 Å². The van der Waals surface area contributed by atoms with Gasteiger partial charge in [-0.25, -0.2) is 9.07 Å². The fraction of sp³-hybridized carbons (Fsp3) is 0.346. The molecule has 1 N–H and O–H groups in total. The van der Waals surface area contributed by atoms with E-state index in [9.17, 15) is 9.18 Å². The van der Waals surface area contributed by atoms with Crippen molar-refractivity contribution >= 4 is 17.6 Å². The molecule has 1 amide bonds. The topological polar surface area (TPSA) is 68.5 Å². The van der Waals surface area contributed by atoms with Crippen LogP contribution in [-0.2, 0) is 10.3 Å². The van der Waals surface area contributed by atoms with Crippen LogP contribution in [0.5, 0.6) is 0 Å². The Morgan fingerprint density at radius 1 is 1.12 bits per heavy atom. The number of carbonyl (C=O) groups is 1. The first-order valence-corrected chi connectivity index (χ1v) is 11.0. The Balaban J connectivity index is 1.87. The van der Waals surface area contributed by atoms with Crippen molar-refractivity contribution in [2.24, 2.45) is 4.99 Å². The van der Waals surface area contributed by atoms with E-state index in [0.717, 1.165) is 22.4 Å². The van der Waals surface area contributed by atoms with Crippen LogP contribution in [0.25, 0.3) is 0 Å². The van der Waals surface area contributed by atoms with Crippen LogP contribution < -0.4 is 5.32 Å². The molecule has 0 aliphatic carbocycles. The minimum atomic E-state index is -0.586. The summed E-state index contributed by atoms with van der Waals surface area (Å²) in [7, 11) is 1.54. The highest BCUT2D eigenvalue weighted by Gasteiger charge is 2.41. The lowest BCUT2D eigenvalue weighted by Gasteiger charge is -2.33. The third kappa shape index (κ3) is 4.27. The van der Waals surface area contributed by atoms with Crippen LogP contribution in [0, 0.1) is 19.7 Å². The van der Waals surface area contributed by atoms with Gasteiger partial charge in [-0.2, -0.15) is 10.1 Å². The Morgan fingerprint density at radius 3 is 2.42 bits per heavy atom. The van der Waals surface area contributed by atoms with E-state index >= 15 is 0 Å². The van der Waals surface area contributed by atoms with E-state index in [1.807, 2.05) is 36.7 Å². The molecule has 1 aliphatic heterocycles. The number of methoxy groups -OCH3 is 1. The molecule has 7 heteroatoms. The van der Waals surface area contributed by atoms with Gasteiger partial charge in [0.2, 0.25) is 5.90 Å². The third-order valence-corrected chi connectivity index (χ3v) is 5.85. The van der Waals surface area contributed by atoms with Gasteiger partial charge < -0.3 is 10.1 Å². The molecular weight excluding hydrogens is 419 g/mol. The molecule has 0 bridgehead atoms. The van der Waals surface area contributed by atoms with E-state index in [1.54, 1.807) is 25.3 Å². The molecule has 4 rings (SSSR count). The number of ether oxygens (including phenoxy) is 1. The van der Waals surface area contributed by atoms with Crippen LogP contribution in [0.1, 0.15) is 59.4 Å². The van der Waals surface area contributed by atoms with Gasteiger partial charge in [-0.05, 0) is 64.4 Å². The zero-order chi connectivity index (χ0) is 23.9. The SMILES string of the molecule is COC1=Nc2c(c(C)nn2C(C)(C)C)[C@@H](c2ccc(F)cc2)[C@H]1NC(=O)c1cccc(C)c1. The number of carbonyl (C=O) groups excluding carboxylic acids is 1. The molecule has 0 fully saturated rings. The molecule has 33 heavy (non-hydrogen) atoms. The zero-order valence-corrected chi connectivity index (χ0v) is 19.8. The molecule has 172 valence electrons. The molecule has 0 saturated carbocycles. The molecule has 2 heterocycles. The van der Waals surface area contributed by atoms with Gasteiger partial charge in [-0.1, -0.05) is 29.8 Å². The Bertz CT molecular complexity index is 1220. The minimum Gasteiger partial charge on any atom is -0.483 e. The number of rotatable bonds is 3. The lowest BCUT2D eigenvalue weighted by molar-refractivity contribution is 0.0939. The van der Waals surface area contributed by atoms with Gasteiger partial charge in [0.25, 0.3) is 5.91 Å². The monoisotopic (exact) mass is 448 g/mol. The van der Waals surface area contributed by atoms with Gasteiger partial charge in [0.05, 0.1) is 18.3 Å². The fourth-order valence-corrected chi connectivity index (χ4v) is 4.31. The Hall–Kier alpha value is -3.48. The van der Waals surface area contributed by atoms with Gasteiger partial charge in [-0.15, -0.1) is 0 Å². The van der Waals surface area contributed by atoms with Gasteiger partial charge in [-0.3, -0.25) is 4.79 Å². The zero-order valence-electron chi connectivity index (χ0n) is 19.8. The number of fused-ring (bicyclic) bond motifs is 1. The van der Waals surface area contributed by atoms with Crippen molar-refractivity contribution in [1.82, 2.24) is 15.1 Å². The highest BCUT2D eigenvalue weighted by Crippen LogP contribution is 2.43. The largest absolute Gasteiger partial charge is 0.483 e. The number of benzene rings is 2. The number of aromatic nitrogens is 2. The first-order chi connectivity index (χ1) is 15.6. The maximum Gasteiger partial charge on any atom is 0.251 e. The van der Waals surface area contributed by atoms with Crippen LogP contribution in [-0.4, -0.2) is 34.7 Å². The second-order valence-electron chi connectivity index (χ2n) is 9.41. The quantitative estimate of drug-likeness (QED) is 0.612. The summed E-state index contributed by atoms with van der Waals surface area (Å²) in [6.45, 7) is 10.0. The van der Waals surface area contributed by atoms with Crippen molar-refractivity contribution in [3.63, 3.8) is 0 Å². The van der Waals surface area contributed by atoms with E-state index in [1.165, 1.54) is 12.1 Å². The second-order valence-corrected chi connectivity index (χ2v) is 9.41. The molecule has 3 aromatic rings. The van der Waals surface area contributed by atoms with Crippen molar-refractivity contribution < 1.29 is 13.9 Å². The van der Waals surface area contributed by atoms with Gasteiger partial charge in [0.15, 0.2) is 5.82 Å². The van der Waals surface area contributed by atoms with E-state index in [4.69, 9.17) is 14.8 Å². The van der Waals surface area contributed by atoms with Crippen LogP contribution in [0.15, 0.2) is 53.5 Å². The highest BCUT2D eigenvalue weighted by molar-refractivity contribution is 5.99. The van der Waals surface area contributed by atoms with E-state index in [2.05, 4.69) is 26.1 Å². The van der Waals surface area contributed by atoms with Crippen LogP contribution >= 0.6 is 0 Å². The lowest BCUT2D eigenvalue weighted by atomic mass is 9.82. The molecule has 0 saturated heterocycles. The van der Waals surface area contributed by atoms with E-state index in [-0.39, 0.29) is 23.2 Å². The van der Waals surface area contributed by atoms with Gasteiger partial charge >= 0.3 is 0 Å². The molecular formula is C26H29FN4O2. The molecule has 1 aromatic heterocycles. The average Bonchev–Trinajstić information content (AvgIpc) is 3.10. The van der Waals surface area contributed by atoms with Crippen LogP contribution in [0.4, 0.5) is 10.2 Å². The van der Waals surface area contributed by atoms with Crippen LogP contribution in [0.2, 0.25) is 0 Å². The molecule has 6 nitrogen and oxygen atoms in total. The molecule has 1 aliphatic rings. The smallest absolute Gasteiger partial charge is 0.251 e. The van der Waals surface area contributed by atoms with Crippen molar-refractivity contribution in [3.8, 4) is 0 Å². The number of halogens is 1. The number of nitrogens with zero attached hydrogens (tertiary/aromatic N) is 3.